The summed E-state index contributed by atoms with van der Waals surface area (Å²) in [5.74, 6) is 0.617. The molecule has 6 heteroatoms. The molecular weight excluding hydrogens is 412 g/mol. The highest BCUT2D eigenvalue weighted by molar-refractivity contribution is 5.69. The summed E-state index contributed by atoms with van der Waals surface area (Å²) < 4.78 is 5.26. The molecule has 3 N–H and O–H groups in total. The summed E-state index contributed by atoms with van der Waals surface area (Å²) in [4.78, 5) is 14.4. The monoisotopic (exact) mass is 452 g/mol. The summed E-state index contributed by atoms with van der Waals surface area (Å²) in [7, 11) is 0. The van der Waals surface area contributed by atoms with Crippen molar-refractivity contribution in [3.8, 4) is 0 Å². The van der Waals surface area contributed by atoms with Gasteiger partial charge in [-0.1, -0.05) is 49.4 Å². The van der Waals surface area contributed by atoms with Crippen LogP contribution in [0, 0.1) is 5.92 Å². The molecule has 6 nitrogen and oxygen atoms in total. The zero-order valence-electron chi connectivity index (χ0n) is 20.2. The minimum absolute atomic E-state index is 0.314. The lowest BCUT2D eigenvalue weighted by Gasteiger charge is -2.34. The van der Waals surface area contributed by atoms with E-state index in [0.717, 1.165) is 44.6 Å². The van der Waals surface area contributed by atoms with Crippen LogP contribution in [0.2, 0.25) is 0 Å². The van der Waals surface area contributed by atoms with Gasteiger partial charge in [-0.2, -0.15) is 0 Å². The van der Waals surface area contributed by atoms with E-state index in [2.05, 4.69) is 59.0 Å². The lowest BCUT2D eigenvalue weighted by molar-refractivity contribution is 0.139. The van der Waals surface area contributed by atoms with Crippen LogP contribution in [-0.4, -0.2) is 49.8 Å². The maximum absolute atomic E-state index is 11.8. The van der Waals surface area contributed by atoms with E-state index in [0.29, 0.717) is 25.1 Å². The number of hydrogen-bond donors (Lipinski definition) is 3. The van der Waals surface area contributed by atoms with Crippen LogP contribution < -0.4 is 16.0 Å². The highest BCUT2D eigenvalue weighted by Crippen LogP contribution is 2.24. The number of nitrogens with zero attached hydrogens (tertiary/aromatic N) is 1. The van der Waals surface area contributed by atoms with Crippen molar-refractivity contribution in [1.29, 1.82) is 0 Å². The molecule has 1 saturated heterocycles. The maximum atomic E-state index is 11.8. The highest BCUT2D eigenvalue weighted by atomic mass is 16.5. The third-order valence-electron chi connectivity index (χ3n) is 6.17. The number of nitrogens with one attached hydrogen (secondary N) is 3. The number of rotatable bonds is 12. The Morgan fingerprint density at radius 1 is 1.06 bits per heavy atom. The highest BCUT2D eigenvalue weighted by Gasteiger charge is 2.21. The molecule has 0 spiro atoms. The summed E-state index contributed by atoms with van der Waals surface area (Å²) >= 11 is 0. The van der Waals surface area contributed by atoms with Crippen LogP contribution in [0.25, 0.3) is 0 Å². The van der Waals surface area contributed by atoms with E-state index in [4.69, 9.17) is 4.74 Å². The number of ether oxygens (including phenoxy) is 1. The fraction of sp³-hybridized carbons (Fsp3) is 0.519. The molecule has 1 unspecified atom stereocenters. The van der Waals surface area contributed by atoms with E-state index in [1.807, 2.05) is 30.3 Å². The van der Waals surface area contributed by atoms with E-state index in [1.165, 1.54) is 24.2 Å². The molecule has 1 amide bonds. The average molecular weight is 453 g/mol. The number of anilines is 2. The van der Waals surface area contributed by atoms with Crippen molar-refractivity contribution in [2.24, 2.45) is 5.92 Å². The second kappa shape index (κ2) is 13.7. The minimum atomic E-state index is -0.336. The van der Waals surface area contributed by atoms with Crippen LogP contribution in [0.3, 0.4) is 0 Å². The van der Waals surface area contributed by atoms with Crippen molar-refractivity contribution < 1.29 is 9.53 Å². The molecule has 0 aliphatic carbocycles. The number of likely N-dealkylation sites (tertiary alicyclic amines) is 1. The van der Waals surface area contributed by atoms with Gasteiger partial charge in [-0.15, -0.1) is 0 Å². The van der Waals surface area contributed by atoms with Crippen molar-refractivity contribution in [2.45, 2.75) is 52.2 Å². The fourth-order valence-corrected chi connectivity index (χ4v) is 4.38. The Balaban J connectivity index is 1.26. The zero-order valence-corrected chi connectivity index (χ0v) is 20.2. The fourth-order valence-electron chi connectivity index (χ4n) is 4.38. The summed E-state index contributed by atoms with van der Waals surface area (Å²) in [6.07, 6.45) is 4.08. The number of amides is 1. The molecule has 2 aromatic carbocycles. The van der Waals surface area contributed by atoms with Gasteiger partial charge >= 0.3 is 6.09 Å². The number of carbonyl (C=O) groups is 1. The Labute approximate surface area is 199 Å². The van der Waals surface area contributed by atoms with Gasteiger partial charge in [0.15, 0.2) is 0 Å². The predicted molar refractivity (Wildman–Crippen MR) is 137 cm³/mol. The largest absolute Gasteiger partial charge is 0.445 e. The van der Waals surface area contributed by atoms with Crippen molar-refractivity contribution in [3.63, 3.8) is 0 Å². The Morgan fingerprint density at radius 2 is 1.76 bits per heavy atom. The third-order valence-corrected chi connectivity index (χ3v) is 6.17. The normalized spacial score (nSPS) is 15.6. The molecule has 180 valence electrons. The van der Waals surface area contributed by atoms with Crippen molar-refractivity contribution in [2.75, 3.05) is 43.4 Å². The number of benzene rings is 2. The first-order valence-corrected chi connectivity index (χ1v) is 12.4. The summed E-state index contributed by atoms with van der Waals surface area (Å²) in [5.41, 5.74) is 3.40. The average Bonchev–Trinajstić information content (AvgIpc) is 2.84. The molecule has 0 radical (unpaired) electrons. The molecule has 0 bridgehead atoms. The van der Waals surface area contributed by atoms with E-state index in [9.17, 15) is 4.79 Å². The zero-order chi connectivity index (χ0) is 23.3. The van der Waals surface area contributed by atoms with Gasteiger partial charge in [0, 0.05) is 38.8 Å². The first-order chi connectivity index (χ1) is 16.1. The van der Waals surface area contributed by atoms with Gasteiger partial charge in [-0.25, -0.2) is 4.79 Å². The molecule has 1 aliphatic heterocycles. The van der Waals surface area contributed by atoms with Crippen LogP contribution >= 0.6 is 0 Å². The van der Waals surface area contributed by atoms with Gasteiger partial charge in [-0.3, -0.25) is 0 Å². The van der Waals surface area contributed by atoms with Crippen LogP contribution in [0.1, 0.15) is 45.1 Å². The van der Waals surface area contributed by atoms with Crippen LogP contribution in [0.15, 0.2) is 54.6 Å². The molecule has 1 heterocycles. The molecule has 33 heavy (non-hydrogen) atoms. The van der Waals surface area contributed by atoms with Crippen molar-refractivity contribution in [1.82, 2.24) is 10.2 Å². The van der Waals surface area contributed by atoms with Gasteiger partial charge in [-0.05, 0) is 56.2 Å². The van der Waals surface area contributed by atoms with E-state index in [1.54, 1.807) is 0 Å². The number of piperidine rings is 1. The molecule has 1 atom stereocenters. The second-order valence-corrected chi connectivity index (χ2v) is 9.03. The van der Waals surface area contributed by atoms with E-state index >= 15 is 0 Å². The number of para-hydroxylation sites is 2. The SMILES string of the molecule is CCNc1ccccc1NC1CCN(CC(C)CCCNC(=O)OCc2ccccc2)CC1. The maximum Gasteiger partial charge on any atom is 0.407 e. The quantitative estimate of drug-likeness (QED) is 0.380. The van der Waals surface area contributed by atoms with Crippen molar-refractivity contribution in [3.05, 3.63) is 60.2 Å². The molecular formula is C27H40N4O2. The first-order valence-electron chi connectivity index (χ1n) is 12.4. The predicted octanol–water partition coefficient (Wildman–Crippen LogP) is 5.34. The molecule has 3 rings (SSSR count). The standard InChI is InChI=1S/C27H40N4O2/c1-3-28-25-13-7-8-14-26(25)30-24-15-18-31(19-16-24)20-22(2)10-9-17-29-27(32)33-21-23-11-5-4-6-12-23/h4-8,11-14,22,24,28,30H,3,9-10,15-21H2,1-2H3,(H,29,32). The summed E-state index contributed by atoms with van der Waals surface area (Å²) in [6.45, 7) is 9.74. The van der Waals surface area contributed by atoms with Gasteiger partial charge in [0.05, 0.1) is 11.4 Å². The smallest absolute Gasteiger partial charge is 0.407 e. The Kier molecular flexibility index (Phi) is 10.4. The first kappa shape index (κ1) is 24.9. The van der Waals surface area contributed by atoms with Crippen LogP contribution in [0.5, 0.6) is 0 Å². The van der Waals surface area contributed by atoms with Gasteiger partial charge in [0.25, 0.3) is 0 Å². The molecule has 0 aromatic heterocycles. The lowest BCUT2D eigenvalue weighted by atomic mass is 10.0. The van der Waals surface area contributed by atoms with Crippen LogP contribution in [-0.2, 0) is 11.3 Å². The van der Waals surface area contributed by atoms with E-state index < -0.39 is 0 Å². The van der Waals surface area contributed by atoms with Gasteiger partial charge < -0.3 is 25.6 Å². The summed E-state index contributed by atoms with van der Waals surface area (Å²) in [5, 5.41) is 10.0. The van der Waals surface area contributed by atoms with Crippen LogP contribution in [0.4, 0.5) is 16.2 Å². The van der Waals surface area contributed by atoms with E-state index in [-0.39, 0.29) is 6.09 Å². The topological polar surface area (TPSA) is 65.6 Å². The summed E-state index contributed by atoms with van der Waals surface area (Å²) in [6, 6.07) is 18.8. The molecule has 1 aliphatic rings. The molecule has 2 aromatic rings. The lowest BCUT2D eigenvalue weighted by Crippen LogP contribution is -2.41. The minimum Gasteiger partial charge on any atom is -0.445 e. The Hall–Kier alpha value is -2.73. The van der Waals surface area contributed by atoms with Gasteiger partial charge in [0.2, 0.25) is 0 Å². The third kappa shape index (κ3) is 8.97. The Bertz CT molecular complexity index is 822. The number of alkyl carbamates (subject to hydrolysis) is 1. The molecule has 1 fully saturated rings. The number of carbonyl (C=O) groups excluding carboxylic acids is 1. The van der Waals surface area contributed by atoms with Crippen molar-refractivity contribution >= 4 is 17.5 Å². The molecule has 0 saturated carbocycles. The number of hydrogen-bond acceptors (Lipinski definition) is 5. The van der Waals surface area contributed by atoms with Gasteiger partial charge in [0.1, 0.15) is 6.61 Å². The Morgan fingerprint density at radius 3 is 2.48 bits per heavy atom. The second-order valence-electron chi connectivity index (χ2n) is 9.03.